The van der Waals surface area contributed by atoms with E-state index in [2.05, 4.69) is 5.32 Å². The van der Waals surface area contributed by atoms with Gasteiger partial charge in [-0.2, -0.15) is 0 Å². The molecule has 0 aliphatic carbocycles. The summed E-state index contributed by atoms with van der Waals surface area (Å²) in [7, 11) is 0. The molecule has 0 aromatic heterocycles. The number of nitrogens with one attached hydrogen (secondary N) is 1. The summed E-state index contributed by atoms with van der Waals surface area (Å²) in [4.78, 5) is 13.4. The van der Waals surface area contributed by atoms with Crippen LogP contribution in [0.2, 0.25) is 0 Å². The van der Waals surface area contributed by atoms with Crippen molar-refractivity contribution in [1.29, 1.82) is 0 Å². The highest BCUT2D eigenvalue weighted by molar-refractivity contribution is 5.83. The lowest BCUT2D eigenvalue weighted by molar-refractivity contribution is -0.138. The summed E-state index contributed by atoms with van der Waals surface area (Å²) >= 11 is 0. The lowest BCUT2D eigenvalue weighted by Gasteiger charge is -2.39. The number of amides is 1. The summed E-state index contributed by atoms with van der Waals surface area (Å²) < 4.78 is 32.3. The number of aliphatic hydroxyl groups is 1. The second-order valence-electron chi connectivity index (χ2n) is 9.29. The van der Waals surface area contributed by atoms with Crippen molar-refractivity contribution < 1.29 is 23.4 Å². The number of benzene rings is 2. The maximum atomic E-state index is 13.6. The number of carbonyl (C=O) groups is 1. The van der Waals surface area contributed by atoms with Crippen molar-refractivity contribution in [2.75, 3.05) is 13.2 Å². The van der Waals surface area contributed by atoms with Crippen LogP contribution < -0.4 is 5.32 Å². The van der Waals surface area contributed by atoms with Crippen LogP contribution in [0.3, 0.4) is 0 Å². The monoisotopic (exact) mass is 431 g/mol. The van der Waals surface area contributed by atoms with Crippen molar-refractivity contribution in [3.05, 3.63) is 59.7 Å². The Morgan fingerprint density at radius 3 is 2.29 bits per heavy atom. The van der Waals surface area contributed by atoms with Gasteiger partial charge in [0.1, 0.15) is 0 Å². The molecule has 2 aromatic rings. The average molecular weight is 432 g/mol. The van der Waals surface area contributed by atoms with Gasteiger partial charge in [-0.25, -0.2) is 8.78 Å². The van der Waals surface area contributed by atoms with E-state index in [-0.39, 0.29) is 5.91 Å². The first-order chi connectivity index (χ1) is 14.6. The van der Waals surface area contributed by atoms with Crippen LogP contribution >= 0.6 is 0 Å². The van der Waals surface area contributed by atoms with Gasteiger partial charge in [-0.15, -0.1) is 0 Å². The number of rotatable bonds is 7. The molecule has 0 spiro atoms. The van der Waals surface area contributed by atoms with Gasteiger partial charge in [-0.3, -0.25) is 4.79 Å². The van der Waals surface area contributed by atoms with Gasteiger partial charge in [0, 0.05) is 18.8 Å². The highest BCUT2D eigenvalue weighted by Gasteiger charge is 2.42. The minimum Gasteiger partial charge on any atom is -0.393 e. The van der Waals surface area contributed by atoms with E-state index in [0.29, 0.717) is 44.5 Å². The number of hydrogen-bond acceptors (Lipinski definition) is 3. The first-order valence-corrected chi connectivity index (χ1v) is 10.7. The third-order valence-electron chi connectivity index (χ3n) is 5.94. The highest BCUT2D eigenvalue weighted by atomic mass is 19.2. The molecule has 1 saturated heterocycles. The molecule has 6 heteroatoms. The molecular weight excluding hydrogens is 400 g/mol. The van der Waals surface area contributed by atoms with Crippen molar-refractivity contribution in [1.82, 2.24) is 5.32 Å². The maximum absolute atomic E-state index is 13.6. The predicted octanol–water partition coefficient (Wildman–Crippen LogP) is 4.64. The van der Waals surface area contributed by atoms with Gasteiger partial charge < -0.3 is 15.2 Å². The Bertz CT molecular complexity index is 903. The van der Waals surface area contributed by atoms with Gasteiger partial charge in [-0.05, 0) is 75.3 Å². The third kappa shape index (κ3) is 5.89. The van der Waals surface area contributed by atoms with Crippen LogP contribution in [0.25, 0.3) is 11.1 Å². The largest absolute Gasteiger partial charge is 0.393 e. The molecule has 2 N–H and O–H groups in total. The Kier molecular flexibility index (Phi) is 7.12. The van der Waals surface area contributed by atoms with Gasteiger partial charge >= 0.3 is 0 Å². The van der Waals surface area contributed by atoms with E-state index < -0.39 is 28.7 Å². The average Bonchev–Trinajstić information content (AvgIpc) is 2.70. The molecule has 1 aliphatic heterocycles. The Balaban J connectivity index is 1.79. The van der Waals surface area contributed by atoms with Gasteiger partial charge in [0.05, 0.1) is 11.5 Å². The van der Waals surface area contributed by atoms with E-state index in [1.807, 2.05) is 38.1 Å². The van der Waals surface area contributed by atoms with Crippen LogP contribution in [0.1, 0.15) is 45.6 Å². The standard InChI is InChI=1S/C25H31F2NO3/c1-17(29)15-24(2,3)28-23(30)25(10-12-31-13-11-25)16-18-4-6-19(7-5-18)20-8-9-21(26)22(27)14-20/h4-9,14,17,29H,10-13,15-16H2,1-3H3,(H,28,30)/t17-/m0/s1. The van der Waals surface area contributed by atoms with E-state index in [0.717, 1.165) is 17.2 Å². The van der Waals surface area contributed by atoms with Crippen molar-refractivity contribution in [3.63, 3.8) is 0 Å². The van der Waals surface area contributed by atoms with Gasteiger partial charge in [0.15, 0.2) is 11.6 Å². The van der Waals surface area contributed by atoms with Gasteiger partial charge in [-0.1, -0.05) is 30.3 Å². The number of aliphatic hydroxyl groups excluding tert-OH is 1. The molecule has 0 bridgehead atoms. The number of hydrogen-bond donors (Lipinski definition) is 2. The number of halogens is 2. The minimum absolute atomic E-state index is 0.0221. The molecule has 1 atom stereocenters. The highest BCUT2D eigenvalue weighted by Crippen LogP contribution is 2.36. The number of ether oxygens (including phenoxy) is 1. The van der Waals surface area contributed by atoms with E-state index >= 15 is 0 Å². The molecule has 2 aromatic carbocycles. The van der Waals surface area contributed by atoms with Gasteiger partial charge in [0.25, 0.3) is 0 Å². The molecule has 1 aliphatic rings. The van der Waals surface area contributed by atoms with Crippen molar-refractivity contribution in [3.8, 4) is 11.1 Å². The van der Waals surface area contributed by atoms with Crippen molar-refractivity contribution in [2.45, 2.75) is 58.1 Å². The fourth-order valence-electron chi connectivity index (χ4n) is 4.36. The predicted molar refractivity (Wildman–Crippen MR) is 117 cm³/mol. The van der Waals surface area contributed by atoms with E-state index in [1.54, 1.807) is 13.0 Å². The smallest absolute Gasteiger partial charge is 0.227 e. The van der Waals surface area contributed by atoms with Crippen molar-refractivity contribution >= 4 is 5.91 Å². The molecule has 4 nitrogen and oxygen atoms in total. The molecule has 31 heavy (non-hydrogen) atoms. The Morgan fingerprint density at radius 2 is 1.71 bits per heavy atom. The lowest BCUT2D eigenvalue weighted by atomic mass is 9.73. The molecule has 168 valence electrons. The fraction of sp³-hybridized carbons (Fsp3) is 0.480. The molecule has 3 rings (SSSR count). The quantitative estimate of drug-likeness (QED) is 0.672. The minimum atomic E-state index is -0.876. The summed E-state index contributed by atoms with van der Waals surface area (Å²) in [5, 5.41) is 12.9. The molecule has 0 saturated carbocycles. The van der Waals surface area contributed by atoms with Crippen LogP contribution in [-0.2, 0) is 16.0 Å². The number of carbonyl (C=O) groups excluding carboxylic acids is 1. The van der Waals surface area contributed by atoms with Crippen LogP contribution in [0.4, 0.5) is 8.78 Å². The van der Waals surface area contributed by atoms with Crippen LogP contribution in [-0.4, -0.2) is 35.9 Å². The second-order valence-corrected chi connectivity index (χ2v) is 9.29. The molecule has 0 radical (unpaired) electrons. The van der Waals surface area contributed by atoms with Crippen LogP contribution in [0.5, 0.6) is 0 Å². The van der Waals surface area contributed by atoms with E-state index in [1.165, 1.54) is 6.07 Å². The van der Waals surface area contributed by atoms with Crippen molar-refractivity contribution in [2.24, 2.45) is 5.41 Å². The third-order valence-corrected chi connectivity index (χ3v) is 5.94. The summed E-state index contributed by atoms with van der Waals surface area (Å²) in [6.07, 6.45) is 1.76. The summed E-state index contributed by atoms with van der Waals surface area (Å²) in [5.41, 5.74) is 1.27. The summed E-state index contributed by atoms with van der Waals surface area (Å²) in [6, 6.07) is 11.4. The summed E-state index contributed by atoms with van der Waals surface area (Å²) in [6.45, 7) is 6.60. The van der Waals surface area contributed by atoms with E-state index in [9.17, 15) is 18.7 Å². The van der Waals surface area contributed by atoms with Crippen LogP contribution in [0, 0.1) is 17.0 Å². The molecule has 1 fully saturated rings. The zero-order valence-corrected chi connectivity index (χ0v) is 18.4. The van der Waals surface area contributed by atoms with Gasteiger partial charge in [0.2, 0.25) is 5.91 Å². The first kappa shape index (κ1) is 23.4. The zero-order valence-electron chi connectivity index (χ0n) is 18.4. The SMILES string of the molecule is C[C@H](O)CC(C)(C)NC(=O)C1(Cc2ccc(-c3ccc(F)c(F)c3)cc2)CCOCC1. The Labute approximate surface area is 182 Å². The first-order valence-electron chi connectivity index (χ1n) is 10.7. The second kappa shape index (κ2) is 9.45. The lowest BCUT2D eigenvalue weighted by Crippen LogP contribution is -2.54. The zero-order chi connectivity index (χ0) is 22.6. The molecule has 0 unspecified atom stereocenters. The molecule has 1 amide bonds. The normalized spacial score (nSPS) is 17.2. The van der Waals surface area contributed by atoms with Crippen LogP contribution in [0.15, 0.2) is 42.5 Å². The van der Waals surface area contributed by atoms with E-state index in [4.69, 9.17) is 4.74 Å². The summed E-state index contributed by atoms with van der Waals surface area (Å²) in [5.74, 6) is -1.77. The fourth-order valence-corrected chi connectivity index (χ4v) is 4.36. The maximum Gasteiger partial charge on any atom is 0.227 e. The molecule has 1 heterocycles. The molecular formula is C25H31F2NO3. The topological polar surface area (TPSA) is 58.6 Å². The Hall–Kier alpha value is -2.31. The Morgan fingerprint density at radius 1 is 1.10 bits per heavy atom.